The molecule has 1 nitrogen and oxygen atoms in total. The molecule has 14 heavy (non-hydrogen) atoms. The summed E-state index contributed by atoms with van der Waals surface area (Å²) in [4.78, 5) is 11.5. The Labute approximate surface area is 83.3 Å². The van der Waals surface area contributed by atoms with Crippen molar-refractivity contribution in [3.63, 3.8) is 0 Å². The third-order valence-electron chi connectivity index (χ3n) is 2.06. The van der Waals surface area contributed by atoms with Crippen LogP contribution in [0.4, 0.5) is 4.39 Å². The minimum Gasteiger partial charge on any atom is -0.294 e. The molecule has 1 aromatic rings. The fourth-order valence-electron chi connectivity index (χ4n) is 1.20. The first-order valence-electron chi connectivity index (χ1n) is 4.55. The Morgan fingerprint density at radius 1 is 1.57 bits per heavy atom. The normalized spacial score (nSPS) is 9.86. The van der Waals surface area contributed by atoms with Crippen LogP contribution >= 0.6 is 0 Å². The molecule has 0 spiro atoms. The maximum Gasteiger partial charge on any atom is 0.163 e. The van der Waals surface area contributed by atoms with Crippen LogP contribution in [0.3, 0.4) is 0 Å². The monoisotopic (exact) mass is 192 g/mol. The van der Waals surface area contributed by atoms with Gasteiger partial charge in [-0.1, -0.05) is 6.08 Å². The maximum atomic E-state index is 12.9. The minimum absolute atomic E-state index is 0.0352. The molecule has 1 rings (SSSR count). The number of benzene rings is 1. The van der Waals surface area contributed by atoms with Crippen molar-refractivity contribution in [2.24, 2.45) is 0 Å². The van der Waals surface area contributed by atoms with E-state index in [9.17, 15) is 9.18 Å². The summed E-state index contributed by atoms with van der Waals surface area (Å²) in [5.74, 6) is -0.238. The van der Waals surface area contributed by atoms with Crippen LogP contribution in [0, 0.1) is 12.7 Å². The van der Waals surface area contributed by atoms with E-state index >= 15 is 0 Å². The summed E-state index contributed by atoms with van der Waals surface area (Å²) >= 11 is 0. The predicted molar refractivity (Wildman–Crippen MR) is 54.9 cm³/mol. The van der Waals surface area contributed by atoms with Crippen LogP contribution < -0.4 is 0 Å². The lowest BCUT2D eigenvalue weighted by atomic mass is 10.0. The molecule has 0 fully saturated rings. The van der Waals surface area contributed by atoms with Gasteiger partial charge in [-0.25, -0.2) is 4.39 Å². The molecule has 0 bridgehead atoms. The number of Topliss-reactive ketones (excluding diaryl/α,β-unsaturated/α-hetero) is 1. The topological polar surface area (TPSA) is 17.1 Å². The Kier molecular flexibility index (Phi) is 3.57. The molecule has 0 aliphatic rings. The van der Waals surface area contributed by atoms with Gasteiger partial charge in [0.1, 0.15) is 5.82 Å². The summed E-state index contributed by atoms with van der Waals surface area (Å²) in [6, 6.07) is 4.44. The van der Waals surface area contributed by atoms with Gasteiger partial charge in [-0.05, 0) is 37.1 Å². The van der Waals surface area contributed by atoms with E-state index in [1.165, 1.54) is 12.1 Å². The molecule has 2 heteroatoms. The SMILES string of the molecule is C=CCCC(=O)c1ccc(F)c(C)c1. The zero-order chi connectivity index (χ0) is 10.6. The highest BCUT2D eigenvalue weighted by atomic mass is 19.1. The lowest BCUT2D eigenvalue weighted by Gasteiger charge is -2.01. The van der Waals surface area contributed by atoms with Crippen LogP contribution in [0.5, 0.6) is 0 Å². The number of rotatable bonds is 4. The maximum absolute atomic E-state index is 12.9. The number of ketones is 1. The Morgan fingerprint density at radius 3 is 2.86 bits per heavy atom. The van der Waals surface area contributed by atoms with Crippen molar-refractivity contribution in [1.82, 2.24) is 0 Å². The fraction of sp³-hybridized carbons (Fsp3) is 0.250. The number of hydrogen-bond acceptors (Lipinski definition) is 1. The van der Waals surface area contributed by atoms with Gasteiger partial charge in [0.05, 0.1) is 0 Å². The quantitative estimate of drug-likeness (QED) is 0.528. The zero-order valence-electron chi connectivity index (χ0n) is 8.22. The Hall–Kier alpha value is -1.44. The molecule has 0 saturated carbocycles. The molecule has 0 unspecified atom stereocenters. The molecule has 1 aromatic carbocycles. The van der Waals surface area contributed by atoms with E-state index < -0.39 is 0 Å². The molecule has 0 amide bonds. The van der Waals surface area contributed by atoms with Crippen molar-refractivity contribution < 1.29 is 9.18 Å². The first-order valence-corrected chi connectivity index (χ1v) is 4.55. The molecule has 0 aliphatic heterocycles. The second-order valence-corrected chi connectivity index (χ2v) is 3.21. The largest absolute Gasteiger partial charge is 0.294 e. The van der Waals surface area contributed by atoms with E-state index in [2.05, 4.69) is 6.58 Å². The van der Waals surface area contributed by atoms with Crippen molar-refractivity contribution >= 4 is 5.78 Å². The Morgan fingerprint density at radius 2 is 2.29 bits per heavy atom. The van der Waals surface area contributed by atoms with Crippen LogP contribution in [-0.2, 0) is 0 Å². The third-order valence-corrected chi connectivity index (χ3v) is 2.06. The Balaban J connectivity index is 2.80. The highest BCUT2D eigenvalue weighted by Crippen LogP contribution is 2.11. The highest BCUT2D eigenvalue weighted by molar-refractivity contribution is 5.96. The third kappa shape index (κ3) is 2.52. The molecule has 0 radical (unpaired) electrons. The molecule has 0 saturated heterocycles. The Bertz CT molecular complexity index is 355. The molecule has 74 valence electrons. The van der Waals surface area contributed by atoms with E-state index in [4.69, 9.17) is 0 Å². The van der Waals surface area contributed by atoms with Gasteiger partial charge in [0, 0.05) is 12.0 Å². The van der Waals surface area contributed by atoms with Gasteiger partial charge in [-0.2, -0.15) is 0 Å². The number of hydrogen-bond donors (Lipinski definition) is 0. The number of aryl methyl sites for hydroxylation is 1. The van der Waals surface area contributed by atoms with Gasteiger partial charge >= 0.3 is 0 Å². The molecule has 0 aliphatic carbocycles. The van der Waals surface area contributed by atoms with E-state index in [1.54, 1.807) is 19.1 Å². The summed E-state index contributed by atoms with van der Waals surface area (Å²) in [6.45, 7) is 5.20. The molecule has 0 N–H and O–H groups in total. The number of allylic oxidation sites excluding steroid dienone is 1. The van der Waals surface area contributed by atoms with E-state index in [1.807, 2.05) is 0 Å². The molecule has 0 atom stereocenters. The van der Waals surface area contributed by atoms with Crippen LogP contribution in [0.15, 0.2) is 30.9 Å². The van der Waals surface area contributed by atoms with Crippen LogP contribution in [-0.4, -0.2) is 5.78 Å². The summed E-state index contributed by atoms with van der Waals surface area (Å²) in [5, 5.41) is 0. The van der Waals surface area contributed by atoms with Gasteiger partial charge < -0.3 is 0 Å². The average Bonchev–Trinajstić information content (AvgIpc) is 2.18. The van der Waals surface area contributed by atoms with Crippen molar-refractivity contribution in [2.75, 3.05) is 0 Å². The van der Waals surface area contributed by atoms with Gasteiger partial charge in [0.15, 0.2) is 5.78 Å². The molecule has 0 heterocycles. The predicted octanol–water partition coefficient (Wildman–Crippen LogP) is 3.28. The van der Waals surface area contributed by atoms with Crippen molar-refractivity contribution in [1.29, 1.82) is 0 Å². The van der Waals surface area contributed by atoms with Crippen LogP contribution in [0.2, 0.25) is 0 Å². The molecular formula is C12H13FO. The van der Waals surface area contributed by atoms with E-state index in [0.29, 0.717) is 24.0 Å². The van der Waals surface area contributed by atoms with Crippen LogP contribution in [0.1, 0.15) is 28.8 Å². The van der Waals surface area contributed by atoms with Gasteiger partial charge in [-0.15, -0.1) is 6.58 Å². The average molecular weight is 192 g/mol. The minimum atomic E-state index is -0.273. The lowest BCUT2D eigenvalue weighted by molar-refractivity contribution is 0.0983. The first-order chi connectivity index (χ1) is 6.65. The smallest absolute Gasteiger partial charge is 0.163 e. The molecular weight excluding hydrogens is 179 g/mol. The number of carbonyl (C=O) groups excluding carboxylic acids is 1. The summed E-state index contributed by atoms with van der Waals surface area (Å²) < 4.78 is 12.9. The first kappa shape index (κ1) is 10.6. The van der Waals surface area contributed by atoms with Gasteiger partial charge in [-0.3, -0.25) is 4.79 Å². The number of carbonyl (C=O) groups is 1. The zero-order valence-corrected chi connectivity index (χ0v) is 8.22. The van der Waals surface area contributed by atoms with E-state index in [-0.39, 0.29) is 11.6 Å². The lowest BCUT2D eigenvalue weighted by Crippen LogP contribution is -1.99. The second-order valence-electron chi connectivity index (χ2n) is 3.21. The standard InChI is InChI=1S/C12H13FO/c1-3-4-5-12(14)10-6-7-11(13)9(2)8-10/h3,6-8H,1,4-5H2,2H3. The van der Waals surface area contributed by atoms with Crippen molar-refractivity contribution in [3.05, 3.63) is 47.8 Å². The van der Waals surface area contributed by atoms with Crippen molar-refractivity contribution in [3.8, 4) is 0 Å². The van der Waals surface area contributed by atoms with Gasteiger partial charge in [0.2, 0.25) is 0 Å². The summed E-state index contributed by atoms with van der Waals surface area (Å²) in [5.41, 5.74) is 1.08. The summed E-state index contributed by atoms with van der Waals surface area (Å²) in [7, 11) is 0. The highest BCUT2D eigenvalue weighted by Gasteiger charge is 2.06. The second kappa shape index (κ2) is 4.70. The molecule has 0 aromatic heterocycles. The van der Waals surface area contributed by atoms with Crippen molar-refractivity contribution in [2.45, 2.75) is 19.8 Å². The van der Waals surface area contributed by atoms with Gasteiger partial charge in [0.25, 0.3) is 0 Å². The van der Waals surface area contributed by atoms with Crippen LogP contribution in [0.25, 0.3) is 0 Å². The fourth-order valence-corrected chi connectivity index (χ4v) is 1.20. The van der Waals surface area contributed by atoms with E-state index in [0.717, 1.165) is 0 Å². The summed E-state index contributed by atoms with van der Waals surface area (Å²) in [6.07, 6.45) is 2.80. The number of halogens is 1.